The zero-order valence-corrected chi connectivity index (χ0v) is 8.39. The number of carbonyl (C=O) groups excluding carboxylic acids is 1. The number of rotatable bonds is 2. The Morgan fingerprint density at radius 3 is 2.67 bits per heavy atom. The predicted octanol–water partition coefficient (Wildman–Crippen LogP) is 1.17. The van der Waals surface area contributed by atoms with E-state index in [1.807, 2.05) is 0 Å². The Morgan fingerprint density at radius 1 is 1.13 bits per heavy atom. The van der Waals surface area contributed by atoms with Crippen LogP contribution in [-0.2, 0) is 0 Å². The minimum absolute atomic E-state index is 0. The minimum atomic E-state index is 0. The molecule has 0 saturated carbocycles. The van der Waals surface area contributed by atoms with Gasteiger partial charge in [0.05, 0.1) is 11.9 Å². The third-order valence-electron chi connectivity index (χ3n) is 1.69. The molecule has 0 bridgehead atoms. The second-order valence-corrected chi connectivity index (χ2v) is 2.60. The van der Waals surface area contributed by atoms with Crippen LogP contribution < -0.4 is 0 Å². The maximum atomic E-state index is 10.5. The van der Waals surface area contributed by atoms with E-state index in [1.165, 1.54) is 6.20 Å². The summed E-state index contributed by atoms with van der Waals surface area (Å²) in [6.07, 6.45) is 3.85. The second-order valence-electron chi connectivity index (χ2n) is 2.60. The first-order valence-electron chi connectivity index (χ1n) is 3.96. The molecule has 6 heteroatoms. The molecule has 0 radical (unpaired) electrons. The average Bonchev–Trinajstić information content (AvgIpc) is 2.30. The molecule has 0 aliphatic carbocycles. The van der Waals surface area contributed by atoms with Crippen molar-refractivity contribution in [1.82, 2.24) is 20.4 Å². The third kappa shape index (κ3) is 2.54. The number of aldehydes is 1. The molecule has 0 aromatic carbocycles. The Kier molecular flexibility index (Phi) is 3.82. The number of hydrogen-bond acceptors (Lipinski definition) is 5. The van der Waals surface area contributed by atoms with E-state index in [0.29, 0.717) is 17.0 Å². The molecule has 0 spiro atoms. The summed E-state index contributed by atoms with van der Waals surface area (Å²) in [6, 6.07) is 4.96. The quantitative estimate of drug-likeness (QED) is 0.714. The molecule has 2 aromatic rings. The Morgan fingerprint density at radius 2 is 2.00 bits per heavy atom. The lowest BCUT2D eigenvalue weighted by Crippen LogP contribution is -1.92. The first kappa shape index (κ1) is 11.2. The van der Waals surface area contributed by atoms with E-state index in [1.54, 1.807) is 24.4 Å². The largest absolute Gasteiger partial charge is 0.298 e. The van der Waals surface area contributed by atoms with Crippen LogP contribution in [0.15, 0.2) is 30.6 Å². The first-order valence-corrected chi connectivity index (χ1v) is 3.96. The molecule has 5 nitrogen and oxygen atoms in total. The van der Waals surface area contributed by atoms with Gasteiger partial charge in [-0.25, -0.2) is 0 Å². The molecule has 0 fully saturated rings. The van der Waals surface area contributed by atoms with Crippen LogP contribution in [0.5, 0.6) is 0 Å². The summed E-state index contributed by atoms with van der Waals surface area (Å²) in [5, 5.41) is 10.8. The van der Waals surface area contributed by atoms with E-state index in [-0.39, 0.29) is 12.4 Å². The van der Waals surface area contributed by atoms with Gasteiger partial charge in [0.1, 0.15) is 12.0 Å². The molecule has 0 aliphatic heterocycles. The molecular weight excluding hydrogens is 216 g/mol. The van der Waals surface area contributed by atoms with Crippen LogP contribution in [0.25, 0.3) is 11.4 Å². The summed E-state index contributed by atoms with van der Waals surface area (Å²) in [5.41, 5.74) is 1.78. The molecule has 2 rings (SSSR count). The van der Waals surface area contributed by atoms with Crippen molar-refractivity contribution < 1.29 is 4.79 Å². The summed E-state index contributed by atoms with van der Waals surface area (Å²) in [6.45, 7) is 0. The molecule has 76 valence electrons. The lowest BCUT2D eigenvalue weighted by atomic mass is 10.2. The van der Waals surface area contributed by atoms with E-state index in [2.05, 4.69) is 20.4 Å². The van der Waals surface area contributed by atoms with E-state index < -0.39 is 0 Å². The molecule has 15 heavy (non-hydrogen) atoms. The van der Waals surface area contributed by atoms with Crippen molar-refractivity contribution in [3.63, 3.8) is 0 Å². The fourth-order valence-corrected chi connectivity index (χ4v) is 1.04. The number of hydrogen-bond donors (Lipinski definition) is 0. The van der Waals surface area contributed by atoms with E-state index in [4.69, 9.17) is 0 Å². The van der Waals surface area contributed by atoms with Gasteiger partial charge in [-0.2, -0.15) is 0 Å². The van der Waals surface area contributed by atoms with Crippen molar-refractivity contribution in [3.05, 3.63) is 36.2 Å². The van der Waals surface area contributed by atoms with Gasteiger partial charge in [0.25, 0.3) is 0 Å². The monoisotopic (exact) mass is 222 g/mol. The smallest absolute Gasteiger partial charge is 0.150 e. The molecule has 0 unspecified atom stereocenters. The highest BCUT2D eigenvalue weighted by atomic mass is 35.5. The van der Waals surface area contributed by atoms with Gasteiger partial charge < -0.3 is 0 Å². The average molecular weight is 223 g/mol. The summed E-state index contributed by atoms with van der Waals surface area (Å²) < 4.78 is 0. The zero-order chi connectivity index (χ0) is 9.80. The van der Waals surface area contributed by atoms with Crippen molar-refractivity contribution in [3.8, 4) is 11.4 Å². The number of aromatic nitrogens is 4. The first-order chi connectivity index (χ1) is 6.90. The van der Waals surface area contributed by atoms with Crippen LogP contribution >= 0.6 is 12.4 Å². The topological polar surface area (TPSA) is 68.6 Å². The Bertz CT molecular complexity index is 449. The highest BCUT2D eigenvalue weighted by Gasteiger charge is 2.01. The van der Waals surface area contributed by atoms with Crippen LogP contribution in [0, 0.1) is 0 Å². The van der Waals surface area contributed by atoms with Crippen LogP contribution in [0.2, 0.25) is 0 Å². The second kappa shape index (κ2) is 5.11. The standard InChI is InChI=1S/C9H6N4O.ClH/c14-6-7-1-3-10-9(5-7)8-2-4-11-13-12-8;/h1-6H;1H. The molecule has 2 heterocycles. The van der Waals surface area contributed by atoms with Gasteiger partial charge in [0, 0.05) is 11.8 Å². The zero-order valence-electron chi connectivity index (χ0n) is 7.57. The van der Waals surface area contributed by atoms with Gasteiger partial charge in [0.2, 0.25) is 0 Å². The summed E-state index contributed by atoms with van der Waals surface area (Å²) in [5.74, 6) is 0. The fraction of sp³-hybridized carbons (Fsp3) is 0. The van der Waals surface area contributed by atoms with Crippen LogP contribution in [0.1, 0.15) is 10.4 Å². The number of halogens is 1. The number of pyridine rings is 1. The SMILES string of the molecule is Cl.O=Cc1ccnc(-c2ccnnn2)c1. The molecule has 0 atom stereocenters. The molecule has 0 saturated heterocycles. The lowest BCUT2D eigenvalue weighted by molar-refractivity contribution is 0.112. The van der Waals surface area contributed by atoms with Crippen molar-refractivity contribution in [2.45, 2.75) is 0 Å². The highest BCUT2D eigenvalue weighted by Crippen LogP contribution is 2.12. The summed E-state index contributed by atoms with van der Waals surface area (Å²) in [4.78, 5) is 14.6. The van der Waals surface area contributed by atoms with E-state index in [9.17, 15) is 4.79 Å². The van der Waals surface area contributed by atoms with Crippen LogP contribution in [0.3, 0.4) is 0 Å². The van der Waals surface area contributed by atoms with Crippen molar-refractivity contribution in [1.29, 1.82) is 0 Å². The summed E-state index contributed by atoms with van der Waals surface area (Å²) in [7, 11) is 0. The number of carbonyl (C=O) groups is 1. The minimum Gasteiger partial charge on any atom is -0.298 e. The molecule has 0 N–H and O–H groups in total. The Labute approximate surface area is 92.0 Å². The Balaban J connectivity index is 0.00000112. The number of nitrogens with zero attached hydrogens (tertiary/aromatic N) is 4. The molecular formula is C9H7ClN4O. The molecule has 0 aliphatic rings. The van der Waals surface area contributed by atoms with E-state index >= 15 is 0 Å². The van der Waals surface area contributed by atoms with Gasteiger partial charge in [0.15, 0.2) is 0 Å². The molecule has 0 amide bonds. The Hall–Kier alpha value is -1.88. The van der Waals surface area contributed by atoms with Gasteiger partial charge in [-0.15, -0.1) is 22.6 Å². The van der Waals surface area contributed by atoms with Gasteiger partial charge in [-0.3, -0.25) is 9.78 Å². The van der Waals surface area contributed by atoms with Gasteiger partial charge in [-0.1, -0.05) is 0 Å². The maximum Gasteiger partial charge on any atom is 0.150 e. The van der Waals surface area contributed by atoms with Crippen molar-refractivity contribution >= 4 is 18.7 Å². The lowest BCUT2D eigenvalue weighted by Gasteiger charge is -1.97. The van der Waals surface area contributed by atoms with Crippen LogP contribution in [-0.4, -0.2) is 26.7 Å². The summed E-state index contributed by atoms with van der Waals surface area (Å²) >= 11 is 0. The third-order valence-corrected chi connectivity index (χ3v) is 1.69. The normalized spacial score (nSPS) is 9.07. The maximum absolute atomic E-state index is 10.5. The van der Waals surface area contributed by atoms with Gasteiger partial charge in [-0.05, 0) is 23.4 Å². The predicted molar refractivity (Wildman–Crippen MR) is 55.7 cm³/mol. The van der Waals surface area contributed by atoms with Crippen LogP contribution in [0.4, 0.5) is 0 Å². The van der Waals surface area contributed by atoms with Gasteiger partial charge >= 0.3 is 0 Å². The fourth-order valence-electron chi connectivity index (χ4n) is 1.04. The van der Waals surface area contributed by atoms with Crippen molar-refractivity contribution in [2.24, 2.45) is 0 Å². The van der Waals surface area contributed by atoms with Crippen molar-refractivity contribution in [2.75, 3.05) is 0 Å². The molecule has 2 aromatic heterocycles. The van der Waals surface area contributed by atoms with E-state index in [0.717, 1.165) is 6.29 Å². The highest BCUT2D eigenvalue weighted by molar-refractivity contribution is 5.85.